The smallest absolute Gasteiger partial charge is 0.193 e. The highest BCUT2D eigenvalue weighted by atomic mass is 127. The number of anilines is 1. The number of aryl methyl sites for hydroxylation is 1. The van der Waals surface area contributed by atoms with Gasteiger partial charge < -0.3 is 11.1 Å². The van der Waals surface area contributed by atoms with E-state index in [4.69, 9.17) is 5.73 Å². The van der Waals surface area contributed by atoms with Crippen molar-refractivity contribution in [3.63, 3.8) is 0 Å². The van der Waals surface area contributed by atoms with Crippen LogP contribution in [-0.4, -0.2) is 12.5 Å². The van der Waals surface area contributed by atoms with E-state index in [-0.39, 0.29) is 35.9 Å². The van der Waals surface area contributed by atoms with Crippen LogP contribution < -0.4 is 11.1 Å². The summed E-state index contributed by atoms with van der Waals surface area (Å²) in [5.41, 5.74) is 8.36. The van der Waals surface area contributed by atoms with Crippen molar-refractivity contribution in [2.75, 3.05) is 11.9 Å². The van der Waals surface area contributed by atoms with Crippen molar-refractivity contribution in [1.82, 2.24) is 0 Å². The van der Waals surface area contributed by atoms with Crippen LogP contribution in [0.2, 0.25) is 0 Å². The lowest BCUT2D eigenvalue weighted by atomic mass is 10.0. The Morgan fingerprint density at radius 3 is 2.62 bits per heavy atom. The van der Waals surface area contributed by atoms with Crippen LogP contribution in [0.3, 0.4) is 0 Å². The van der Waals surface area contributed by atoms with E-state index in [1.807, 2.05) is 31.2 Å². The highest BCUT2D eigenvalue weighted by molar-refractivity contribution is 14.0. The minimum Gasteiger partial charge on any atom is -0.370 e. The number of rotatable bonds is 5. The molecule has 0 heterocycles. The first-order chi connectivity index (χ1) is 11.0. The number of nitrogens with two attached hydrogens (primary N) is 1. The molecule has 6 heteroatoms. The van der Waals surface area contributed by atoms with Gasteiger partial charge >= 0.3 is 0 Å². The summed E-state index contributed by atoms with van der Waals surface area (Å²) in [5.74, 6) is -1.07. The highest BCUT2D eigenvalue weighted by Crippen LogP contribution is 2.20. The molecular weight excluding hydrogens is 423 g/mol. The Labute approximate surface area is 158 Å². The van der Waals surface area contributed by atoms with E-state index >= 15 is 0 Å². The maximum absolute atomic E-state index is 13.7. The summed E-state index contributed by atoms with van der Waals surface area (Å²) in [7, 11) is 0. The number of guanidine groups is 1. The molecule has 0 bridgehead atoms. The molecule has 0 spiro atoms. The van der Waals surface area contributed by atoms with Crippen molar-refractivity contribution in [2.45, 2.75) is 26.2 Å². The van der Waals surface area contributed by atoms with Crippen LogP contribution in [0.5, 0.6) is 0 Å². The number of halogens is 3. The first kappa shape index (κ1) is 20.3. The SMILES string of the molecule is CCc1cccc(NC(N)=NCC(C)c2ccc(F)cc2F)c1.I. The Morgan fingerprint density at radius 1 is 1.21 bits per heavy atom. The van der Waals surface area contributed by atoms with Gasteiger partial charge in [-0.15, -0.1) is 24.0 Å². The van der Waals surface area contributed by atoms with E-state index in [1.165, 1.54) is 17.7 Å². The third kappa shape index (κ3) is 5.74. The van der Waals surface area contributed by atoms with Crippen molar-refractivity contribution in [1.29, 1.82) is 0 Å². The lowest BCUT2D eigenvalue weighted by Crippen LogP contribution is -2.23. The van der Waals surface area contributed by atoms with E-state index in [2.05, 4.69) is 17.2 Å². The molecule has 3 nitrogen and oxygen atoms in total. The molecule has 0 saturated heterocycles. The third-order valence-electron chi connectivity index (χ3n) is 3.64. The molecule has 2 aromatic rings. The van der Waals surface area contributed by atoms with Crippen LogP contribution in [0.25, 0.3) is 0 Å². The molecule has 0 aliphatic carbocycles. The summed E-state index contributed by atoms with van der Waals surface area (Å²) < 4.78 is 26.7. The molecule has 1 atom stereocenters. The lowest BCUT2D eigenvalue weighted by Gasteiger charge is -2.12. The average molecular weight is 445 g/mol. The van der Waals surface area contributed by atoms with E-state index in [9.17, 15) is 8.78 Å². The monoisotopic (exact) mass is 445 g/mol. The van der Waals surface area contributed by atoms with Gasteiger partial charge in [0.15, 0.2) is 5.96 Å². The van der Waals surface area contributed by atoms with E-state index in [0.29, 0.717) is 12.1 Å². The molecule has 0 amide bonds. The maximum atomic E-state index is 13.7. The highest BCUT2D eigenvalue weighted by Gasteiger charge is 2.11. The molecule has 0 aliphatic heterocycles. The largest absolute Gasteiger partial charge is 0.370 e. The Hall–Kier alpha value is -1.70. The molecule has 0 saturated carbocycles. The lowest BCUT2D eigenvalue weighted by molar-refractivity contribution is 0.560. The van der Waals surface area contributed by atoms with Crippen LogP contribution >= 0.6 is 24.0 Å². The van der Waals surface area contributed by atoms with E-state index in [1.54, 1.807) is 0 Å². The number of aliphatic imine (C=N–C) groups is 1. The Kier molecular flexibility index (Phi) is 8.10. The van der Waals surface area contributed by atoms with Gasteiger partial charge in [0, 0.05) is 24.2 Å². The number of nitrogens with zero attached hydrogens (tertiary/aromatic N) is 1. The van der Waals surface area contributed by atoms with Crippen molar-refractivity contribution in [3.05, 3.63) is 65.2 Å². The van der Waals surface area contributed by atoms with Gasteiger partial charge in [-0.25, -0.2) is 8.78 Å². The minimum absolute atomic E-state index is 0. The average Bonchev–Trinajstić information content (AvgIpc) is 2.53. The van der Waals surface area contributed by atoms with Crippen molar-refractivity contribution in [2.24, 2.45) is 10.7 Å². The molecule has 24 heavy (non-hydrogen) atoms. The van der Waals surface area contributed by atoms with Gasteiger partial charge in [0.2, 0.25) is 0 Å². The standard InChI is InChI=1S/C18H21F2N3.HI/c1-3-13-5-4-6-15(9-13)23-18(21)22-11-12(2)16-8-7-14(19)10-17(16)20;/h4-10,12H,3,11H2,1-2H3,(H3,21,22,23);1H. The zero-order valence-electron chi connectivity index (χ0n) is 13.7. The van der Waals surface area contributed by atoms with E-state index in [0.717, 1.165) is 18.2 Å². The molecule has 0 aromatic heterocycles. The van der Waals surface area contributed by atoms with Crippen LogP contribution in [0.1, 0.15) is 30.9 Å². The maximum Gasteiger partial charge on any atom is 0.193 e. The number of hydrogen-bond donors (Lipinski definition) is 2. The van der Waals surface area contributed by atoms with Gasteiger partial charge in [-0.2, -0.15) is 0 Å². The fraction of sp³-hybridized carbons (Fsp3) is 0.278. The van der Waals surface area contributed by atoms with Crippen LogP contribution in [0, 0.1) is 11.6 Å². The number of hydrogen-bond acceptors (Lipinski definition) is 1. The Bertz CT molecular complexity index is 704. The van der Waals surface area contributed by atoms with Crippen LogP contribution in [0.4, 0.5) is 14.5 Å². The second kappa shape index (κ2) is 9.56. The minimum atomic E-state index is -0.584. The molecule has 0 aliphatic rings. The summed E-state index contributed by atoms with van der Waals surface area (Å²) in [4.78, 5) is 4.24. The molecular formula is C18H22F2IN3. The zero-order chi connectivity index (χ0) is 16.8. The number of nitrogens with one attached hydrogen (secondary N) is 1. The van der Waals surface area contributed by atoms with Gasteiger partial charge in [0.1, 0.15) is 11.6 Å². The normalized spacial score (nSPS) is 12.4. The predicted molar refractivity (Wildman–Crippen MR) is 106 cm³/mol. The first-order valence-electron chi connectivity index (χ1n) is 7.60. The predicted octanol–water partition coefficient (Wildman–Crippen LogP) is 4.68. The van der Waals surface area contributed by atoms with Crippen molar-refractivity contribution < 1.29 is 8.78 Å². The molecule has 130 valence electrons. The molecule has 3 N–H and O–H groups in total. The van der Waals surface area contributed by atoms with Gasteiger partial charge in [-0.05, 0) is 35.7 Å². The third-order valence-corrected chi connectivity index (χ3v) is 3.64. The first-order valence-corrected chi connectivity index (χ1v) is 7.60. The van der Waals surface area contributed by atoms with Gasteiger partial charge in [-0.3, -0.25) is 4.99 Å². The fourth-order valence-corrected chi connectivity index (χ4v) is 2.29. The zero-order valence-corrected chi connectivity index (χ0v) is 16.1. The molecule has 0 radical (unpaired) electrons. The van der Waals surface area contributed by atoms with E-state index < -0.39 is 11.6 Å². The van der Waals surface area contributed by atoms with Gasteiger partial charge in [0.25, 0.3) is 0 Å². The Morgan fingerprint density at radius 2 is 1.96 bits per heavy atom. The number of benzene rings is 2. The summed E-state index contributed by atoms with van der Waals surface area (Å²) in [5, 5.41) is 3.02. The van der Waals surface area contributed by atoms with Crippen LogP contribution in [-0.2, 0) is 6.42 Å². The quantitative estimate of drug-likeness (QED) is 0.399. The Balaban J connectivity index is 0.00000288. The second-order valence-electron chi connectivity index (χ2n) is 5.47. The topological polar surface area (TPSA) is 50.4 Å². The summed E-state index contributed by atoms with van der Waals surface area (Å²) in [6, 6.07) is 11.5. The van der Waals surface area contributed by atoms with Crippen LogP contribution in [0.15, 0.2) is 47.5 Å². The second-order valence-corrected chi connectivity index (χ2v) is 5.47. The summed E-state index contributed by atoms with van der Waals surface area (Å²) in [6.07, 6.45) is 0.938. The van der Waals surface area contributed by atoms with Crippen molar-refractivity contribution >= 4 is 35.6 Å². The molecule has 0 fully saturated rings. The molecule has 2 aromatic carbocycles. The summed E-state index contributed by atoms with van der Waals surface area (Å²) in [6.45, 7) is 4.22. The van der Waals surface area contributed by atoms with Gasteiger partial charge in [0.05, 0.1) is 0 Å². The summed E-state index contributed by atoms with van der Waals surface area (Å²) >= 11 is 0. The molecule has 1 unspecified atom stereocenters. The molecule has 2 rings (SSSR count). The van der Waals surface area contributed by atoms with Gasteiger partial charge in [-0.1, -0.05) is 32.0 Å². The van der Waals surface area contributed by atoms with Crippen molar-refractivity contribution in [3.8, 4) is 0 Å². The fourth-order valence-electron chi connectivity index (χ4n) is 2.29.